The fourth-order valence-corrected chi connectivity index (χ4v) is 3.82. The van der Waals surface area contributed by atoms with Gasteiger partial charge in [-0.1, -0.05) is 56.5 Å². The molecular weight excluding hydrogens is 446 g/mol. The number of hydrogen-bond acceptors (Lipinski definition) is 5. The van der Waals surface area contributed by atoms with Gasteiger partial charge in [0.1, 0.15) is 17.2 Å². The van der Waals surface area contributed by atoms with Crippen molar-refractivity contribution in [1.29, 1.82) is 0 Å². The van der Waals surface area contributed by atoms with Crippen LogP contribution in [0.25, 0.3) is 11.3 Å². The van der Waals surface area contributed by atoms with Gasteiger partial charge < -0.3 is 24.3 Å². The van der Waals surface area contributed by atoms with Crippen molar-refractivity contribution in [3.05, 3.63) is 78.1 Å². The minimum absolute atomic E-state index is 0.186. The molecule has 1 saturated carbocycles. The molecule has 1 fully saturated rings. The number of ether oxygens (including phenoxy) is 1. The molecule has 0 spiro atoms. The summed E-state index contributed by atoms with van der Waals surface area (Å²) >= 11 is 0. The Hall–Kier alpha value is -3.58. The summed E-state index contributed by atoms with van der Waals surface area (Å²) in [7, 11) is 0. The van der Waals surface area contributed by atoms with E-state index in [4.69, 9.17) is 19.1 Å². The molecule has 1 amide bonds. The SMILES string of the molecule is CCCCCCOc1ccccc1CN(C(=O)c1ccc(-c2ccco2)cc1)C1(O)CC1.O=CO. The van der Waals surface area contributed by atoms with Crippen molar-refractivity contribution < 1.29 is 29.0 Å². The number of furan rings is 1. The molecule has 4 rings (SSSR count). The second-order valence-electron chi connectivity index (χ2n) is 8.55. The second-order valence-corrected chi connectivity index (χ2v) is 8.55. The summed E-state index contributed by atoms with van der Waals surface area (Å²) in [5.74, 6) is 1.35. The summed E-state index contributed by atoms with van der Waals surface area (Å²) in [4.78, 5) is 23.3. The molecule has 1 aliphatic carbocycles. The van der Waals surface area contributed by atoms with E-state index in [0.29, 0.717) is 31.6 Å². The Bertz CT molecular complexity index is 1060. The van der Waals surface area contributed by atoms with Gasteiger partial charge in [-0.15, -0.1) is 0 Å². The quantitative estimate of drug-likeness (QED) is 0.207. The van der Waals surface area contributed by atoms with E-state index >= 15 is 0 Å². The molecule has 0 bridgehead atoms. The Morgan fingerprint density at radius 1 is 1.06 bits per heavy atom. The zero-order valence-electron chi connectivity index (χ0n) is 20.1. The van der Waals surface area contributed by atoms with Gasteiger partial charge in [0.2, 0.25) is 0 Å². The zero-order chi connectivity index (χ0) is 25.1. The van der Waals surface area contributed by atoms with Gasteiger partial charge in [0, 0.05) is 16.7 Å². The molecule has 0 atom stereocenters. The number of carboxylic acid groups (broad SMARTS) is 1. The molecule has 1 heterocycles. The Balaban J connectivity index is 0.00000108. The Kier molecular flexibility index (Phi) is 9.49. The number of hydrogen-bond donors (Lipinski definition) is 2. The lowest BCUT2D eigenvalue weighted by atomic mass is 10.1. The summed E-state index contributed by atoms with van der Waals surface area (Å²) in [5.41, 5.74) is 1.26. The molecule has 7 heteroatoms. The van der Waals surface area contributed by atoms with Crippen molar-refractivity contribution in [3.63, 3.8) is 0 Å². The monoisotopic (exact) mass is 479 g/mol. The zero-order valence-corrected chi connectivity index (χ0v) is 20.1. The third-order valence-corrected chi connectivity index (χ3v) is 5.94. The molecule has 3 aromatic rings. The Morgan fingerprint density at radius 3 is 2.40 bits per heavy atom. The first-order chi connectivity index (χ1) is 17.0. The maximum atomic E-state index is 13.4. The number of benzene rings is 2. The molecule has 7 nitrogen and oxygen atoms in total. The van der Waals surface area contributed by atoms with Crippen LogP contribution in [-0.4, -0.2) is 39.8 Å². The van der Waals surface area contributed by atoms with E-state index in [9.17, 15) is 9.90 Å². The summed E-state index contributed by atoms with van der Waals surface area (Å²) in [6.07, 6.45) is 7.36. The van der Waals surface area contributed by atoms with Crippen LogP contribution >= 0.6 is 0 Å². The molecule has 2 N–H and O–H groups in total. The van der Waals surface area contributed by atoms with E-state index < -0.39 is 5.72 Å². The van der Waals surface area contributed by atoms with E-state index in [0.717, 1.165) is 35.5 Å². The molecule has 0 radical (unpaired) electrons. The normalized spacial score (nSPS) is 13.3. The summed E-state index contributed by atoms with van der Waals surface area (Å²) in [5, 5.41) is 17.8. The van der Waals surface area contributed by atoms with E-state index in [2.05, 4.69) is 6.92 Å². The summed E-state index contributed by atoms with van der Waals surface area (Å²) in [6, 6.07) is 18.8. The van der Waals surface area contributed by atoms with Crippen LogP contribution in [0.2, 0.25) is 0 Å². The first kappa shape index (κ1) is 26.0. The van der Waals surface area contributed by atoms with Gasteiger partial charge in [0.15, 0.2) is 0 Å². The lowest BCUT2D eigenvalue weighted by Crippen LogP contribution is -2.41. The van der Waals surface area contributed by atoms with Gasteiger partial charge in [-0.2, -0.15) is 0 Å². The van der Waals surface area contributed by atoms with Crippen LogP contribution in [-0.2, 0) is 11.3 Å². The van der Waals surface area contributed by atoms with Gasteiger partial charge in [0.05, 0.1) is 19.4 Å². The highest BCUT2D eigenvalue weighted by molar-refractivity contribution is 5.95. The number of nitrogens with zero attached hydrogens (tertiary/aromatic N) is 1. The predicted octanol–water partition coefficient (Wildman–Crippen LogP) is 5.73. The lowest BCUT2D eigenvalue weighted by molar-refractivity contribution is -0.122. The van der Waals surface area contributed by atoms with Crippen LogP contribution in [0, 0.1) is 0 Å². The molecule has 0 aliphatic heterocycles. The topological polar surface area (TPSA) is 100 Å². The predicted molar refractivity (Wildman–Crippen MR) is 133 cm³/mol. The van der Waals surface area contributed by atoms with Crippen LogP contribution in [0.1, 0.15) is 61.4 Å². The number of amides is 1. The van der Waals surface area contributed by atoms with Crippen molar-refractivity contribution in [3.8, 4) is 17.1 Å². The van der Waals surface area contributed by atoms with Gasteiger partial charge >= 0.3 is 0 Å². The molecule has 0 saturated heterocycles. The highest BCUT2D eigenvalue weighted by atomic mass is 16.5. The number of aliphatic hydroxyl groups is 1. The van der Waals surface area contributed by atoms with Crippen LogP contribution in [0.15, 0.2) is 71.3 Å². The second kappa shape index (κ2) is 12.8. The lowest BCUT2D eigenvalue weighted by Gasteiger charge is -2.29. The van der Waals surface area contributed by atoms with Crippen molar-refractivity contribution in [2.24, 2.45) is 0 Å². The third-order valence-electron chi connectivity index (χ3n) is 5.94. The van der Waals surface area contributed by atoms with Gasteiger partial charge in [-0.3, -0.25) is 9.59 Å². The van der Waals surface area contributed by atoms with Gasteiger partial charge in [0.25, 0.3) is 12.4 Å². The van der Waals surface area contributed by atoms with Crippen molar-refractivity contribution in [2.75, 3.05) is 6.61 Å². The summed E-state index contributed by atoms with van der Waals surface area (Å²) in [6.45, 7) is 2.90. The van der Waals surface area contributed by atoms with E-state index in [-0.39, 0.29) is 12.4 Å². The maximum absolute atomic E-state index is 13.4. The van der Waals surface area contributed by atoms with Crippen molar-refractivity contribution in [2.45, 2.75) is 57.7 Å². The largest absolute Gasteiger partial charge is 0.493 e. The Labute approximate surface area is 206 Å². The fourth-order valence-electron chi connectivity index (χ4n) is 3.82. The van der Waals surface area contributed by atoms with Gasteiger partial charge in [-0.25, -0.2) is 0 Å². The fraction of sp³-hybridized carbons (Fsp3) is 0.357. The first-order valence-electron chi connectivity index (χ1n) is 12.0. The van der Waals surface area contributed by atoms with Crippen LogP contribution < -0.4 is 4.74 Å². The van der Waals surface area contributed by atoms with E-state index in [1.54, 1.807) is 23.3 Å². The minimum Gasteiger partial charge on any atom is -0.493 e. The van der Waals surface area contributed by atoms with Crippen LogP contribution in [0.5, 0.6) is 5.75 Å². The molecular formula is C28H33NO6. The molecule has 1 aromatic heterocycles. The number of rotatable bonds is 11. The van der Waals surface area contributed by atoms with Crippen LogP contribution in [0.4, 0.5) is 0 Å². The highest BCUT2D eigenvalue weighted by Crippen LogP contribution is 2.41. The molecule has 186 valence electrons. The number of carbonyl (C=O) groups is 2. The minimum atomic E-state index is -1.09. The number of carbonyl (C=O) groups excluding carboxylic acids is 1. The third kappa shape index (κ3) is 7.20. The van der Waals surface area contributed by atoms with E-state index in [1.807, 2.05) is 48.5 Å². The van der Waals surface area contributed by atoms with E-state index in [1.165, 1.54) is 12.8 Å². The number of unbranched alkanes of at least 4 members (excludes halogenated alkanes) is 3. The molecule has 0 unspecified atom stereocenters. The maximum Gasteiger partial charge on any atom is 0.290 e. The highest BCUT2D eigenvalue weighted by Gasteiger charge is 2.49. The number of para-hydroxylation sites is 1. The molecule has 35 heavy (non-hydrogen) atoms. The van der Waals surface area contributed by atoms with Gasteiger partial charge in [-0.05, 0) is 49.6 Å². The average Bonchev–Trinajstić information content (AvgIpc) is 3.38. The Morgan fingerprint density at radius 2 is 1.77 bits per heavy atom. The van der Waals surface area contributed by atoms with Crippen molar-refractivity contribution >= 4 is 12.4 Å². The standard InChI is InChI=1S/C27H31NO4.CH2O2/c1-2-3-4-7-18-31-25-10-6-5-9-23(25)20-28(27(30)16-17-27)26(29)22-14-12-21(13-15-22)24-11-8-19-32-24;2-1-3/h5-6,8-15,19,30H,2-4,7,16-18,20H2,1H3;1H,(H,2,3). The summed E-state index contributed by atoms with van der Waals surface area (Å²) < 4.78 is 11.5. The van der Waals surface area contributed by atoms with Crippen molar-refractivity contribution in [1.82, 2.24) is 4.90 Å². The molecule has 1 aliphatic rings. The van der Waals surface area contributed by atoms with Crippen LogP contribution in [0.3, 0.4) is 0 Å². The smallest absolute Gasteiger partial charge is 0.290 e. The first-order valence-corrected chi connectivity index (χ1v) is 12.0. The average molecular weight is 480 g/mol. The molecule has 2 aromatic carbocycles.